The first kappa shape index (κ1) is 31.9. The average Bonchev–Trinajstić information content (AvgIpc) is 3.57. The summed E-state index contributed by atoms with van der Waals surface area (Å²) in [6.45, 7) is 3.98. The zero-order valence-electron chi connectivity index (χ0n) is 24.5. The Morgan fingerprint density at radius 3 is 2.70 bits per heavy atom. The SMILES string of the molecule is COc1cc(P(C)(C)=O)ccc1C(=O)NCc1nc(-c2sc3c(NC4CCN(C)CC4F)cccc3c2CC(F)(F)F)no1. The van der Waals surface area contributed by atoms with Crippen molar-refractivity contribution in [3.8, 4) is 16.5 Å². The van der Waals surface area contributed by atoms with Crippen LogP contribution in [0.15, 0.2) is 40.9 Å². The number of fused-ring (bicyclic) bond motifs is 1. The summed E-state index contributed by atoms with van der Waals surface area (Å²) in [5.74, 6) is -0.352. The summed E-state index contributed by atoms with van der Waals surface area (Å²) >= 11 is 1.07. The molecular formula is C29H32F4N5O4PS. The second-order valence-corrected chi connectivity index (χ2v) is 15.4. The van der Waals surface area contributed by atoms with E-state index in [0.717, 1.165) is 11.3 Å². The molecule has 0 saturated carbocycles. The Hall–Kier alpha value is -3.48. The molecule has 2 aromatic heterocycles. The molecule has 1 aliphatic rings. The molecule has 236 valence electrons. The van der Waals surface area contributed by atoms with Gasteiger partial charge in [-0.2, -0.15) is 18.2 Å². The Bertz CT molecular complexity index is 1720. The number of nitrogens with one attached hydrogen (secondary N) is 2. The third-order valence-electron chi connectivity index (χ3n) is 7.40. The molecule has 2 unspecified atom stereocenters. The summed E-state index contributed by atoms with van der Waals surface area (Å²) in [6.07, 6.45) is -6.31. The summed E-state index contributed by atoms with van der Waals surface area (Å²) in [4.78, 5) is 19.3. The molecule has 2 N–H and O–H groups in total. The summed E-state index contributed by atoms with van der Waals surface area (Å²) in [5.41, 5.74) is 0.728. The van der Waals surface area contributed by atoms with Crippen LogP contribution in [0.2, 0.25) is 0 Å². The van der Waals surface area contributed by atoms with Crippen molar-refractivity contribution in [1.82, 2.24) is 20.4 Å². The predicted octanol–water partition coefficient (Wildman–Crippen LogP) is 5.70. The topological polar surface area (TPSA) is 110 Å². The number of nitrogens with zero attached hydrogens (tertiary/aromatic N) is 3. The van der Waals surface area contributed by atoms with E-state index in [0.29, 0.717) is 34.0 Å². The molecule has 4 aromatic rings. The maximum atomic E-state index is 14.8. The maximum Gasteiger partial charge on any atom is 0.393 e. The third kappa shape index (κ3) is 7.08. The van der Waals surface area contributed by atoms with Crippen LogP contribution in [0.1, 0.15) is 28.2 Å². The molecular weight excluding hydrogens is 621 g/mol. The Balaban J connectivity index is 1.40. The Kier molecular flexibility index (Phi) is 9.06. The number of benzene rings is 2. The van der Waals surface area contributed by atoms with Gasteiger partial charge in [0.25, 0.3) is 5.91 Å². The lowest BCUT2D eigenvalue weighted by Gasteiger charge is -2.33. The van der Waals surface area contributed by atoms with Gasteiger partial charge in [0.05, 0.1) is 46.9 Å². The highest BCUT2D eigenvalue weighted by atomic mass is 32.1. The van der Waals surface area contributed by atoms with Crippen molar-refractivity contribution < 1.29 is 36.2 Å². The monoisotopic (exact) mass is 653 g/mol. The zero-order chi connectivity index (χ0) is 31.8. The number of ether oxygens (including phenoxy) is 1. The fraction of sp³-hybridized carbons (Fsp3) is 0.414. The minimum atomic E-state index is -4.51. The number of halogens is 4. The van der Waals surface area contributed by atoms with Crippen molar-refractivity contribution in [1.29, 1.82) is 0 Å². The highest BCUT2D eigenvalue weighted by molar-refractivity contribution is 7.70. The number of rotatable bonds is 9. The third-order valence-corrected chi connectivity index (χ3v) is 10.2. The lowest BCUT2D eigenvalue weighted by atomic mass is 10.0. The normalized spacial score (nSPS) is 18.0. The molecule has 9 nitrogen and oxygen atoms in total. The molecule has 15 heteroatoms. The lowest BCUT2D eigenvalue weighted by molar-refractivity contribution is -0.126. The van der Waals surface area contributed by atoms with Gasteiger partial charge in [0, 0.05) is 18.4 Å². The lowest BCUT2D eigenvalue weighted by Crippen LogP contribution is -2.46. The molecule has 44 heavy (non-hydrogen) atoms. The van der Waals surface area contributed by atoms with Crippen molar-refractivity contribution in [2.24, 2.45) is 0 Å². The highest BCUT2D eigenvalue weighted by Crippen LogP contribution is 2.44. The van der Waals surface area contributed by atoms with Crippen LogP contribution >= 0.6 is 18.5 Å². The molecule has 0 radical (unpaired) electrons. The predicted molar refractivity (Wildman–Crippen MR) is 163 cm³/mol. The van der Waals surface area contributed by atoms with Crippen LogP contribution in [-0.2, 0) is 17.5 Å². The Morgan fingerprint density at radius 2 is 2.02 bits per heavy atom. The van der Waals surface area contributed by atoms with Gasteiger partial charge in [0.1, 0.15) is 19.1 Å². The number of hydrogen-bond acceptors (Lipinski definition) is 9. The van der Waals surface area contributed by atoms with Gasteiger partial charge in [-0.3, -0.25) is 4.79 Å². The zero-order valence-corrected chi connectivity index (χ0v) is 26.2. The molecule has 2 atom stereocenters. The summed E-state index contributed by atoms with van der Waals surface area (Å²) in [5, 5.41) is 10.7. The number of carbonyl (C=O) groups is 1. The number of carbonyl (C=O) groups excluding carboxylic acids is 1. The van der Waals surface area contributed by atoms with Crippen molar-refractivity contribution in [2.75, 3.05) is 45.9 Å². The number of thiophene rings is 1. The summed E-state index contributed by atoms with van der Waals surface area (Å²) < 4.78 is 79.5. The number of amides is 1. The van der Waals surface area contributed by atoms with Crippen molar-refractivity contribution >= 4 is 45.5 Å². The largest absolute Gasteiger partial charge is 0.496 e. The van der Waals surface area contributed by atoms with Gasteiger partial charge in [-0.1, -0.05) is 23.4 Å². The molecule has 0 bridgehead atoms. The molecule has 1 fully saturated rings. The minimum absolute atomic E-state index is 0.00771. The van der Waals surface area contributed by atoms with E-state index in [1.54, 1.807) is 43.7 Å². The molecule has 1 amide bonds. The van der Waals surface area contributed by atoms with Crippen LogP contribution in [-0.4, -0.2) is 79.9 Å². The fourth-order valence-corrected chi connectivity index (χ4v) is 7.22. The van der Waals surface area contributed by atoms with Crippen LogP contribution in [0.25, 0.3) is 20.8 Å². The van der Waals surface area contributed by atoms with Gasteiger partial charge < -0.3 is 29.4 Å². The Labute approximate surface area is 255 Å². The number of alkyl halides is 4. The van der Waals surface area contributed by atoms with E-state index < -0.39 is 37.9 Å². The number of aromatic nitrogens is 2. The molecule has 1 aliphatic heterocycles. The quantitative estimate of drug-likeness (QED) is 0.175. The van der Waals surface area contributed by atoms with E-state index in [2.05, 4.69) is 20.8 Å². The van der Waals surface area contributed by atoms with Crippen molar-refractivity contribution in [3.63, 3.8) is 0 Å². The van der Waals surface area contributed by atoms with E-state index in [1.165, 1.54) is 13.2 Å². The van der Waals surface area contributed by atoms with Gasteiger partial charge in [-0.15, -0.1) is 11.3 Å². The smallest absolute Gasteiger partial charge is 0.393 e. The van der Waals surface area contributed by atoms with Crippen molar-refractivity contribution in [3.05, 3.63) is 53.4 Å². The van der Waals surface area contributed by atoms with E-state index in [1.807, 2.05) is 11.9 Å². The summed E-state index contributed by atoms with van der Waals surface area (Å²) in [6, 6.07) is 9.13. The number of methoxy groups -OCH3 is 1. The molecule has 1 saturated heterocycles. The number of anilines is 1. The first-order valence-corrected chi connectivity index (χ1v) is 17.2. The molecule has 0 spiro atoms. The average molecular weight is 654 g/mol. The second kappa shape index (κ2) is 12.5. The fourth-order valence-electron chi connectivity index (χ4n) is 5.13. The van der Waals surface area contributed by atoms with Gasteiger partial charge in [0.15, 0.2) is 0 Å². The van der Waals surface area contributed by atoms with Crippen molar-refractivity contribution in [2.45, 2.75) is 37.8 Å². The standard InChI is InChI=1S/C29H32F4N5O4PS/c1-38-11-10-21(20(30)15-38)35-22-7-5-6-17-19(13-29(31,32)33)26(44-25(17)22)27-36-24(42-37-27)14-34-28(39)18-9-8-16(43(3,4)40)12-23(18)41-2/h5-9,12,20-21,35H,10-11,13-15H2,1-4H3,(H,34,39). The molecule has 5 rings (SSSR count). The van der Waals surface area contributed by atoms with Gasteiger partial charge in [0.2, 0.25) is 11.7 Å². The molecule has 2 aromatic carbocycles. The number of piperidine rings is 1. The first-order chi connectivity index (χ1) is 20.7. The molecule has 0 aliphatic carbocycles. The van der Waals surface area contributed by atoms with E-state index in [4.69, 9.17) is 9.26 Å². The van der Waals surface area contributed by atoms with Gasteiger partial charge in [-0.05, 0) is 55.9 Å². The van der Waals surface area contributed by atoms with E-state index >= 15 is 0 Å². The second-order valence-electron chi connectivity index (χ2n) is 11.1. The van der Waals surface area contributed by atoms with Crippen LogP contribution in [0.3, 0.4) is 0 Å². The number of likely N-dealkylation sites (tertiary alicyclic amines) is 1. The first-order valence-electron chi connectivity index (χ1n) is 13.8. The van der Waals surface area contributed by atoms with Gasteiger partial charge in [-0.25, -0.2) is 4.39 Å². The summed E-state index contributed by atoms with van der Waals surface area (Å²) in [7, 11) is 0.654. The molecule has 3 heterocycles. The number of hydrogen-bond donors (Lipinski definition) is 2. The minimum Gasteiger partial charge on any atom is -0.496 e. The maximum absolute atomic E-state index is 14.8. The highest BCUT2D eigenvalue weighted by Gasteiger charge is 2.34. The van der Waals surface area contributed by atoms with Gasteiger partial charge >= 0.3 is 6.18 Å². The van der Waals surface area contributed by atoms with E-state index in [9.17, 15) is 26.9 Å². The van der Waals surface area contributed by atoms with Crippen LogP contribution < -0.4 is 20.7 Å². The van der Waals surface area contributed by atoms with Crippen LogP contribution in [0.5, 0.6) is 5.75 Å². The Morgan fingerprint density at radius 1 is 1.25 bits per heavy atom. The van der Waals surface area contributed by atoms with E-state index in [-0.39, 0.29) is 46.6 Å². The van der Waals surface area contributed by atoms with Crippen LogP contribution in [0.4, 0.5) is 23.2 Å². The van der Waals surface area contributed by atoms with Crippen LogP contribution in [0, 0.1) is 0 Å².